The van der Waals surface area contributed by atoms with Gasteiger partial charge in [-0.25, -0.2) is 0 Å². The second-order valence-electron chi connectivity index (χ2n) is 1.82. The average molecular weight is 136 g/mol. The highest BCUT2D eigenvalue weighted by atomic mass is 16.1. The molecule has 0 spiro atoms. The first kappa shape index (κ1) is 6.54. The molecule has 4 nitrogen and oxygen atoms in total. The van der Waals surface area contributed by atoms with E-state index in [4.69, 9.17) is 10.8 Å². The Hall–Kier alpha value is -1.58. The van der Waals surface area contributed by atoms with Crippen molar-refractivity contribution in [2.75, 3.05) is 0 Å². The van der Waals surface area contributed by atoms with Crippen molar-refractivity contribution in [2.45, 2.75) is 0 Å². The van der Waals surface area contributed by atoms with Gasteiger partial charge in [0.1, 0.15) is 5.36 Å². The van der Waals surface area contributed by atoms with Crippen LogP contribution in [-0.2, 0) is 0 Å². The predicted octanol–water partition coefficient (Wildman–Crippen LogP) is -1.76. The van der Waals surface area contributed by atoms with E-state index in [1.165, 1.54) is 0 Å². The summed E-state index contributed by atoms with van der Waals surface area (Å²) < 4.78 is 0. The van der Waals surface area contributed by atoms with Crippen LogP contribution in [-0.4, -0.2) is 0 Å². The van der Waals surface area contributed by atoms with E-state index in [1.54, 1.807) is 0 Å². The average Bonchev–Trinajstić information content (AvgIpc) is 1.93. The minimum Gasteiger partial charge on any atom is -0.297 e. The third-order valence-electron chi connectivity index (χ3n) is 1.12. The lowest BCUT2D eigenvalue weighted by Gasteiger charge is -1.75. The quantitative estimate of drug-likeness (QED) is 0.443. The Bertz CT molecular complexity index is 397. The number of benzene rings is 1. The SMILES string of the molecule is N=c1ccc(=O)c(=N)c1=O. The summed E-state index contributed by atoms with van der Waals surface area (Å²) in [5.74, 6) is 0. The van der Waals surface area contributed by atoms with Crippen LogP contribution in [0.3, 0.4) is 0 Å². The van der Waals surface area contributed by atoms with Crippen LogP contribution >= 0.6 is 0 Å². The van der Waals surface area contributed by atoms with Crippen LogP contribution in [0, 0.1) is 10.8 Å². The van der Waals surface area contributed by atoms with Crippen LogP contribution < -0.4 is 21.6 Å². The van der Waals surface area contributed by atoms with E-state index in [2.05, 4.69) is 0 Å². The summed E-state index contributed by atoms with van der Waals surface area (Å²) in [6, 6.07) is 2.15. The van der Waals surface area contributed by atoms with Crippen molar-refractivity contribution in [3.63, 3.8) is 0 Å². The zero-order valence-electron chi connectivity index (χ0n) is 4.97. The molecule has 1 rings (SSSR count). The predicted molar refractivity (Wildman–Crippen MR) is 33.1 cm³/mol. The van der Waals surface area contributed by atoms with E-state index in [0.29, 0.717) is 0 Å². The number of nitrogens with one attached hydrogen (secondary N) is 2. The van der Waals surface area contributed by atoms with Crippen molar-refractivity contribution >= 4 is 0 Å². The first-order valence-corrected chi connectivity index (χ1v) is 2.57. The molecule has 0 aliphatic carbocycles. The van der Waals surface area contributed by atoms with Gasteiger partial charge in [-0.15, -0.1) is 0 Å². The first-order chi connectivity index (χ1) is 4.63. The molecule has 0 aliphatic rings. The highest BCUT2D eigenvalue weighted by Crippen LogP contribution is 1.48. The summed E-state index contributed by atoms with van der Waals surface area (Å²) in [6.45, 7) is 0. The topological polar surface area (TPSA) is 81.8 Å². The van der Waals surface area contributed by atoms with Crippen LogP contribution in [0.2, 0.25) is 0 Å². The molecule has 0 fully saturated rings. The highest BCUT2D eigenvalue weighted by Gasteiger charge is 1.93. The van der Waals surface area contributed by atoms with Crippen LogP contribution in [0.5, 0.6) is 0 Å². The fourth-order valence-corrected chi connectivity index (χ4v) is 0.565. The summed E-state index contributed by atoms with van der Waals surface area (Å²) in [5, 5.41) is 12.8. The lowest BCUT2D eigenvalue weighted by molar-refractivity contribution is 1.12. The molecule has 0 aromatic heterocycles. The Morgan fingerprint density at radius 3 is 2.20 bits per heavy atom. The molecule has 50 valence electrons. The van der Waals surface area contributed by atoms with E-state index in [1.807, 2.05) is 0 Å². The largest absolute Gasteiger partial charge is 0.297 e. The molecule has 0 bridgehead atoms. The standard InChI is InChI=1S/C6H4N2O2/c7-3-1-2-4(9)5(8)6(3)10/h1-2,7-8H. The van der Waals surface area contributed by atoms with Crippen molar-refractivity contribution in [1.82, 2.24) is 0 Å². The van der Waals surface area contributed by atoms with Crippen molar-refractivity contribution in [2.24, 2.45) is 0 Å². The molecule has 10 heavy (non-hydrogen) atoms. The monoisotopic (exact) mass is 136 g/mol. The Kier molecular flexibility index (Phi) is 1.30. The number of hydrogen-bond donors (Lipinski definition) is 2. The maximum atomic E-state index is 10.6. The van der Waals surface area contributed by atoms with Gasteiger partial charge in [0.05, 0.1) is 0 Å². The molecule has 0 atom stereocenters. The van der Waals surface area contributed by atoms with Gasteiger partial charge in [-0.1, -0.05) is 0 Å². The molecule has 1 aromatic rings. The third-order valence-corrected chi connectivity index (χ3v) is 1.12. The first-order valence-electron chi connectivity index (χ1n) is 2.57. The van der Waals surface area contributed by atoms with Crippen LogP contribution in [0.25, 0.3) is 0 Å². The van der Waals surface area contributed by atoms with Gasteiger partial charge in [-0.05, 0) is 12.1 Å². The zero-order valence-corrected chi connectivity index (χ0v) is 4.97. The van der Waals surface area contributed by atoms with Crippen molar-refractivity contribution in [1.29, 1.82) is 10.8 Å². The lowest BCUT2D eigenvalue weighted by Crippen LogP contribution is -2.45. The Morgan fingerprint density at radius 1 is 1.10 bits per heavy atom. The smallest absolute Gasteiger partial charge is 0.232 e. The molecular weight excluding hydrogens is 132 g/mol. The third kappa shape index (κ3) is 0.793. The summed E-state index contributed by atoms with van der Waals surface area (Å²) in [7, 11) is 0. The van der Waals surface area contributed by atoms with Gasteiger partial charge in [0.2, 0.25) is 10.9 Å². The van der Waals surface area contributed by atoms with Gasteiger partial charge in [0.25, 0.3) is 0 Å². The Balaban J connectivity index is 4.04. The number of hydrogen-bond acceptors (Lipinski definition) is 4. The zero-order chi connectivity index (χ0) is 7.72. The molecule has 0 heterocycles. The van der Waals surface area contributed by atoms with Gasteiger partial charge in [0.15, 0.2) is 5.36 Å². The second-order valence-corrected chi connectivity index (χ2v) is 1.82. The lowest BCUT2D eigenvalue weighted by atomic mass is 10.3. The van der Waals surface area contributed by atoms with E-state index in [9.17, 15) is 9.59 Å². The van der Waals surface area contributed by atoms with E-state index >= 15 is 0 Å². The second kappa shape index (κ2) is 1.98. The van der Waals surface area contributed by atoms with Gasteiger partial charge in [0, 0.05) is 0 Å². The molecule has 0 saturated carbocycles. The molecule has 0 saturated heterocycles. The van der Waals surface area contributed by atoms with E-state index in [0.717, 1.165) is 12.1 Å². The molecule has 0 amide bonds. The number of rotatable bonds is 0. The van der Waals surface area contributed by atoms with E-state index < -0.39 is 16.2 Å². The summed E-state index contributed by atoms with van der Waals surface area (Å²) in [4.78, 5) is 21.1. The van der Waals surface area contributed by atoms with Gasteiger partial charge >= 0.3 is 0 Å². The molecular formula is C6H4N2O2. The maximum absolute atomic E-state index is 10.6. The summed E-state index contributed by atoms with van der Waals surface area (Å²) in [5.41, 5.74) is -1.42. The maximum Gasteiger partial charge on any atom is 0.232 e. The molecule has 0 radical (unpaired) electrons. The summed E-state index contributed by atoms with van der Waals surface area (Å²) >= 11 is 0. The molecule has 4 heteroatoms. The fraction of sp³-hybridized carbons (Fsp3) is 0. The minimum absolute atomic E-state index is 0.301. The van der Waals surface area contributed by atoms with Gasteiger partial charge in [-0.3, -0.25) is 20.4 Å². The Morgan fingerprint density at radius 2 is 1.70 bits per heavy atom. The highest BCUT2D eigenvalue weighted by molar-refractivity contribution is 4.99. The molecule has 0 aliphatic heterocycles. The molecule has 2 N–H and O–H groups in total. The van der Waals surface area contributed by atoms with Crippen molar-refractivity contribution in [3.8, 4) is 0 Å². The molecule has 1 aromatic carbocycles. The summed E-state index contributed by atoms with van der Waals surface area (Å²) in [6.07, 6.45) is 0. The van der Waals surface area contributed by atoms with Crippen LogP contribution in [0.15, 0.2) is 21.7 Å². The van der Waals surface area contributed by atoms with Gasteiger partial charge in [-0.2, -0.15) is 0 Å². The van der Waals surface area contributed by atoms with Crippen molar-refractivity contribution in [3.05, 3.63) is 43.3 Å². The molecule has 0 unspecified atom stereocenters. The minimum atomic E-state index is -0.799. The van der Waals surface area contributed by atoms with Crippen LogP contribution in [0.4, 0.5) is 0 Å². The fourth-order valence-electron chi connectivity index (χ4n) is 0.565. The van der Waals surface area contributed by atoms with Crippen LogP contribution in [0.1, 0.15) is 0 Å². The van der Waals surface area contributed by atoms with Crippen molar-refractivity contribution < 1.29 is 0 Å². The Labute approximate surface area is 55.1 Å². The van der Waals surface area contributed by atoms with E-state index in [-0.39, 0.29) is 5.36 Å². The normalized spacial score (nSPS) is 9.60. The van der Waals surface area contributed by atoms with Gasteiger partial charge < -0.3 is 0 Å².